The van der Waals surface area contributed by atoms with Crippen LogP contribution < -0.4 is 21.1 Å². The van der Waals surface area contributed by atoms with Gasteiger partial charge < -0.3 is 21.1 Å². The normalized spacial score (nSPS) is 11.9. The maximum absolute atomic E-state index is 5.73. The van der Waals surface area contributed by atoms with Gasteiger partial charge in [0.25, 0.3) is 0 Å². The molecule has 9 heteroatoms. The fourth-order valence-corrected chi connectivity index (χ4v) is 3.47. The second-order valence-corrected chi connectivity index (χ2v) is 7.53. The Morgan fingerprint density at radius 1 is 1.15 bits per heavy atom. The summed E-state index contributed by atoms with van der Waals surface area (Å²) < 4.78 is 7.72. The van der Waals surface area contributed by atoms with Gasteiger partial charge in [-0.1, -0.05) is 24.3 Å². The first-order valence-corrected chi connectivity index (χ1v) is 11.0. The molecule has 1 aromatic carbocycles. The molecule has 0 bridgehead atoms. The summed E-state index contributed by atoms with van der Waals surface area (Å²) in [5, 5.41) is 6.43. The van der Waals surface area contributed by atoms with Gasteiger partial charge in [-0.15, -0.1) is 0 Å². The lowest BCUT2D eigenvalue weighted by Crippen LogP contribution is -2.15. The van der Waals surface area contributed by atoms with Crippen molar-refractivity contribution in [1.82, 2.24) is 24.7 Å². The molecule has 4 N–H and O–H groups in total. The van der Waals surface area contributed by atoms with E-state index in [1.54, 1.807) is 32.0 Å². The fourth-order valence-electron chi connectivity index (χ4n) is 3.47. The first-order chi connectivity index (χ1) is 16.7. The third kappa shape index (κ3) is 5.38. The monoisotopic (exact) mass is 456 g/mol. The smallest absolute Gasteiger partial charge is 0.140 e. The molecule has 0 saturated heterocycles. The van der Waals surface area contributed by atoms with Crippen molar-refractivity contribution in [2.24, 2.45) is 10.7 Å². The summed E-state index contributed by atoms with van der Waals surface area (Å²) >= 11 is 0. The van der Waals surface area contributed by atoms with Gasteiger partial charge >= 0.3 is 0 Å². The van der Waals surface area contributed by atoms with Gasteiger partial charge in [0.2, 0.25) is 0 Å². The summed E-state index contributed by atoms with van der Waals surface area (Å²) in [5.74, 6) is 1.52. The summed E-state index contributed by atoms with van der Waals surface area (Å²) in [5.41, 5.74) is 11.2. The molecule has 174 valence electrons. The van der Waals surface area contributed by atoms with Crippen LogP contribution in [-0.2, 0) is 6.54 Å². The number of aromatic nitrogens is 4. The van der Waals surface area contributed by atoms with Crippen LogP contribution in [0.3, 0.4) is 0 Å². The molecule has 4 rings (SSSR count). The minimum atomic E-state index is 0.599. The number of fused-ring (bicyclic) bond motifs is 1. The number of aliphatic imine (C=N–C) groups is 1. The van der Waals surface area contributed by atoms with Gasteiger partial charge in [0, 0.05) is 56.5 Å². The number of rotatable bonds is 10. The van der Waals surface area contributed by atoms with E-state index in [1.807, 2.05) is 48.0 Å². The number of anilines is 1. The van der Waals surface area contributed by atoms with Gasteiger partial charge in [-0.3, -0.25) is 9.39 Å². The Balaban J connectivity index is 1.45. The molecule has 3 aromatic heterocycles. The highest BCUT2D eigenvalue weighted by atomic mass is 16.5. The lowest BCUT2D eigenvalue weighted by molar-refractivity contribution is 0.318. The fraction of sp³-hybridized carbons (Fsp3) is 0.200. The summed E-state index contributed by atoms with van der Waals surface area (Å²) in [4.78, 5) is 17.4. The summed E-state index contributed by atoms with van der Waals surface area (Å²) in [6, 6.07) is 13.9. The number of pyridine rings is 1. The molecular formula is C25H28N8O. The van der Waals surface area contributed by atoms with Crippen LogP contribution >= 0.6 is 0 Å². The number of hydrogen-bond acceptors (Lipinski definition) is 8. The van der Waals surface area contributed by atoms with E-state index in [-0.39, 0.29) is 0 Å². The van der Waals surface area contributed by atoms with Crippen molar-refractivity contribution in [2.75, 3.05) is 32.6 Å². The molecule has 0 amide bonds. The molecule has 0 aliphatic rings. The molecule has 9 nitrogen and oxygen atoms in total. The van der Waals surface area contributed by atoms with Gasteiger partial charge in [0.1, 0.15) is 30.1 Å². The zero-order chi connectivity index (χ0) is 23.8. The molecule has 0 aliphatic heterocycles. The predicted octanol–water partition coefficient (Wildman–Crippen LogP) is 3.00. The number of imidazole rings is 1. The maximum Gasteiger partial charge on any atom is 0.140 e. The van der Waals surface area contributed by atoms with Crippen LogP contribution in [0.25, 0.3) is 22.6 Å². The van der Waals surface area contributed by atoms with Crippen LogP contribution in [0.5, 0.6) is 5.75 Å². The highest BCUT2D eigenvalue weighted by Crippen LogP contribution is 2.23. The summed E-state index contributed by atoms with van der Waals surface area (Å²) in [6.07, 6.45) is 8.60. The van der Waals surface area contributed by atoms with Crippen LogP contribution in [0.1, 0.15) is 11.1 Å². The van der Waals surface area contributed by atoms with Crippen LogP contribution in [0, 0.1) is 0 Å². The number of benzene rings is 1. The van der Waals surface area contributed by atoms with Gasteiger partial charge in [-0.2, -0.15) is 0 Å². The van der Waals surface area contributed by atoms with Crippen molar-refractivity contribution in [2.45, 2.75) is 6.54 Å². The Hall–Kier alpha value is -4.24. The SMILES string of the molecule is CN=C/C(=C\N)c1ccc(CNc2cc(-c3cnc4cc(OCCNC)ccn34)ncn2)cc1. The second kappa shape index (κ2) is 11.1. The van der Waals surface area contributed by atoms with Crippen LogP contribution in [0.2, 0.25) is 0 Å². The Morgan fingerprint density at radius 3 is 2.76 bits per heavy atom. The van der Waals surface area contributed by atoms with Gasteiger partial charge in [0.05, 0.1) is 17.6 Å². The lowest BCUT2D eigenvalue weighted by Gasteiger charge is -2.09. The number of allylic oxidation sites excluding steroid dienone is 1. The van der Waals surface area contributed by atoms with E-state index >= 15 is 0 Å². The van der Waals surface area contributed by atoms with E-state index in [1.165, 1.54) is 0 Å². The average molecular weight is 457 g/mol. The Morgan fingerprint density at radius 2 is 2.00 bits per heavy atom. The number of likely N-dealkylation sites (N-methyl/N-ethyl adjacent to an activating group) is 1. The number of nitrogens with zero attached hydrogens (tertiary/aromatic N) is 5. The minimum absolute atomic E-state index is 0.599. The Bertz CT molecular complexity index is 1290. The molecule has 0 atom stereocenters. The zero-order valence-electron chi connectivity index (χ0n) is 19.3. The highest BCUT2D eigenvalue weighted by molar-refractivity contribution is 6.09. The van der Waals surface area contributed by atoms with Gasteiger partial charge in [-0.25, -0.2) is 15.0 Å². The summed E-state index contributed by atoms with van der Waals surface area (Å²) in [6.45, 7) is 2.01. The Kier molecular flexibility index (Phi) is 7.46. The van der Waals surface area contributed by atoms with E-state index < -0.39 is 0 Å². The standard InChI is InChI=1S/C25H28N8O/c1-27-8-10-34-21-7-9-33-23(16-30-25(33)11-21)22-12-24(32-17-31-22)29-14-18-3-5-19(6-4-18)20(13-26)15-28-2/h3-7,9,11-13,15-17,27H,8,10,14,26H2,1-2H3,(H,29,31,32)/b20-13+,28-15?. The maximum atomic E-state index is 5.73. The average Bonchev–Trinajstić information content (AvgIpc) is 3.30. The molecular weight excluding hydrogens is 428 g/mol. The molecule has 3 heterocycles. The minimum Gasteiger partial charge on any atom is -0.492 e. The molecule has 0 fully saturated rings. The van der Waals surface area contributed by atoms with E-state index in [2.05, 4.69) is 42.7 Å². The number of ether oxygens (including phenoxy) is 1. The van der Waals surface area contributed by atoms with Crippen molar-refractivity contribution in [1.29, 1.82) is 0 Å². The highest BCUT2D eigenvalue weighted by Gasteiger charge is 2.10. The largest absolute Gasteiger partial charge is 0.492 e. The molecule has 34 heavy (non-hydrogen) atoms. The number of nitrogens with two attached hydrogens (primary N) is 1. The van der Waals surface area contributed by atoms with E-state index in [4.69, 9.17) is 10.5 Å². The number of hydrogen-bond donors (Lipinski definition) is 3. The zero-order valence-corrected chi connectivity index (χ0v) is 19.3. The molecule has 0 spiro atoms. The van der Waals surface area contributed by atoms with Crippen molar-refractivity contribution < 1.29 is 4.74 Å². The molecule has 4 aromatic rings. The quantitative estimate of drug-likeness (QED) is 0.248. The lowest BCUT2D eigenvalue weighted by atomic mass is 10.1. The van der Waals surface area contributed by atoms with Crippen molar-refractivity contribution in [3.63, 3.8) is 0 Å². The molecule has 0 saturated carbocycles. The van der Waals surface area contributed by atoms with Gasteiger partial charge in [-0.05, 0) is 24.2 Å². The third-order valence-electron chi connectivity index (χ3n) is 5.24. The predicted molar refractivity (Wildman–Crippen MR) is 136 cm³/mol. The van der Waals surface area contributed by atoms with E-state index in [0.29, 0.717) is 13.2 Å². The molecule has 0 unspecified atom stereocenters. The van der Waals surface area contributed by atoms with Crippen LogP contribution in [-0.4, -0.2) is 52.8 Å². The van der Waals surface area contributed by atoms with Crippen LogP contribution in [0.4, 0.5) is 5.82 Å². The van der Waals surface area contributed by atoms with Crippen molar-refractivity contribution >= 4 is 23.3 Å². The Labute approximate surface area is 198 Å². The first-order valence-electron chi connectivity index (χ1n) is 11.0. The molecule has 0 radical (unpaired) electrons. The summed E-state index contributed by atoms with van der Waals surface area (Å²) in [7, 11) is 3.62. The van der Waals surface area contributed by atoms with E-state index in [9.17, 15) is 0 Å². The first kappa shape index (κ1) is 22.9. The van der Waals surface area contributed by atoms with E-state index in [0.717, 1.165) is 51.8 Å². The van der Waals surface area contributed by atoms with Crippen molar-refractivity contribution in [3.8, 4) is 17.1 Å². The molecule has 0 aliphatic carbocycles. The second-order valence-electron chi connectivity index (χ2n) is 7.53. The van der Waals surface area contributed by atoms with Gasteiger partial charge in [0.15, 0.2) is 0 Å². The topological polar surface area (TPSA) is 115 Å². The van der Waals surface area contributed by atoms with Crippen molar-refractivity contribution in [3.05, 3.63) is 78.5 Å². The number of nitrogens with one attached hydrogen (secondary N) is 2. The third-order valence-corrected chi connectivity index (χ3v) is 5.24. The van der Waals surface area contributed by atoms with Crippen LogP contribution in [0.15, 0.2) is 72.4 Å².